The molecule has 1 aliphatic heterocycles. The zero-order chi connectivity index (χ0) is 16.9. The number of rotatable bonds is 2. The van der Waals surface area contributed by atoms with E-state index in [9.17, 15) is 14.4 Å². The summed E-state index contributed by atoms with van der Waals surface area (Å²) in [5.41, 5.74) is 0. The second kappa shape index (κ2) is 8.15. The number of carbonyl (C=O) groups excluding carboxylic acids is 3. The second-order valence-corrected chi connectivity index (χ2v) is 6.92. The van der Waals surface area contributed by atoms with Gasteiger partial charge in [0.05, 0.1) is 0 Å². The first-order valence-corrected chi connectivity index (χ1v) is 8.07. The Kier molecular flexibility index (Phi) is 6.84. The first kappa shape index (κ1) is 18.5. The molecule has 0 aromatic rings. The molecule has 0 spiro atoms. The molecule has 3 atom stereocenters. The van der Waals surface area contributed by atoms with E-state index < -0.39 is 0 Å². The molecule has 0 radical (unpaired) electrons. The molecule has 1 saturated heterocycles. The molecule has 6 nitrogen and oxygen atoms in total. The highest BCUT2D eigenvalue weighted by molar-refractivity contribution is 5.83. The van der Waals surface area contributed by atoms with Crippen LogP contribution in [0.2, 0.25) is 0 Å². The lowest BCUT2D eigenvalue weighted by Gasteiger charge is -2.28. The Bertz CT molecular complexity index is 385. The van der Waals surface area contributed by atoms with Crippen molar-refractivity contribution in [1.29, 1.82) is 0 Å². The number of amides is 3. The predicted octanol–water partition coefficient (Wildman–Crippen LogP) is 0.957. The van der Waals surface area contributed by atoms with Crippen molar-refractivity contribution >= 4 is 17.7 Å². The highest BCUT2D eigenvalue weighted by Gasteiger charge is 2.26. The van der Waals surface area contributed by atoms with E-state index in [1.165, 1.54) is 0 Å². The van der Waals surface area contributed by atoms with E-state index >= 15 is 0 Å². The minimum absolute atomic E-state index is 0.126. The monoisotopic (exact) mass is 311 g/mol. The van der Waals surface area contributed by atoms with Crippen molar-refractivity contribution in [2.24, 2.45) is 11.8 Å². The van der Waals surface area contributed by atoms with Gasteiger partial charge in [0.1, 0.15) is 0 Å². The zero-order valence-corrected chi connectivity index (χ0v) is 14.2. The minimum atomic E-state index is -0.219. The molecule has 3 amide bonds. The van der Waals surface area contributed by atoms with E-state index in [0.29, 0.717) is 0 Å². The Morgan fingerprint density at radius 1 is 0.727 bits per heavy atom. The van der Waals surface area contributed by atoms with Crippen molar-refractivity contribution in [3.05, 3.63) is 0 Å². The third kappa shape index (κ3) is 6.03. The lowest BCUT2D eigenvalue weighted by atomic mass is 9.97. The number of carbonyl (C=O) groups is 3. The molecule has 3 unspecified atom stereocenters. The Balaban J connectivity index is 2.90. The maximum Gasteiger partial charge on any atom is 0.222 e. The van der Waals surface area contributed by atoms with Crippen molar-refractivity contribution < 1.29 is 14.4 Å². The summed E-state index contributed by atoms with van der Waals surface area (Å²) < 4.78 is 0. The van der Waals surface area contributed by atoms with Gasteiger partial charge in [-0.3, -0.25) is 14.4 Å². The Morgan fingerprint density at radius 3 is 1.50 bits per heavy atom. The van der Waals surface area contributed by atoms with Gasteiger partial charge in [-0.2, -0.15) is 0 Å². The van der Waals surface area contributed by atoms with Crippen LogP contribution in [-0.2, 0) is 14.4 Å². The molecule has 0 aliphatic carbocycles. The summed E-state index contributed by atoms with van der Waals surface area (Å²) in [5.74, 6) is -0.0697. The van der Waals surface area contributed by atoms with Crippen LogP contribution in [0.15, 0.2) is 0 Å². The SMILES string of the molecule is CC1CC(=O)NC(C(C)C)CC(=O)NC(C(C)C)CC(=O)N1. The Morgan fingerprint density at radius 2 is 1.09 bits per heavy atom. The maximum absolute atomic E-state index is 12.2. The smallest absolute Gasteiger partial charge is 0.222 e. The molecule has 1 fully saturated rings. The van der Waals surface area contributed by atoms with E-state index in [2.05, 4.69) is 16.0 Å². The quantitative estimate of drug-likeness (QED) is 0.710. The summed E-state index contributed by atoms with van der Waals surface area (Å²) in [6.07, 6.45) is 0.702. The molecule has 22 heavy (non-hydrogen) atoms. The standard InChI is InChI=1S/C16H29N3O3/c1-9(2)12-7-15(21)17-11(5)6-14(20)18-13(10(3)4)8-16(22)19-12/h9-13H,6-8H2,1-5H3,(H,17,21)(H,18,20)(H,19,22). The third-order valence-corrected chi connectivity index (χ3v) is 4.01. The second-order valence-electron chi connectivity index (χ2n) is 6.92. The number of nitrogens with one attached hydrogen (secondary N) is 3. The fourth-order valence-electron chi connectivity index (χ4n) is 2.50. The van der Waals surface area contributed by atoms with Crippen LogP contribution in [0.25, 0.3) is 0 Å². The highest BCUT2D eigenvalue weighted by Crippen LogP contribution is 2.11. The molecule has 6 heteroatoms. The Hall–Kier alpha value is -1.59. The molecular formula is C16H29N3O3. The number of hydrogen-bond acceptors (Lipinski definition) is 3. The summed E-state index contributed by atoms with van der Waals surface area (Å²) in [7, 11) is 0. The van der Waals surface area contributed by atoms with Gasteiger partial charge in [-0.15, -0.1) is 0 Å². The fourth-order valence-corrected chi connectivity index (χ4v) is 2.50. The topological polar surface area (TPSA) is 87.3 Å². The van der Waals surface area contributed by atoms with Crippen LogP contribution in [0.3, 0.4) is 0 Å². The van der Waals surface area contributed by atoms with Gasteiger partial charge in [-0.05, 0) is 18.8 Å². The summed E-state index contributed by atoms with van der Waals surface area (Å²) >= 11 is 0. The van der Waals surface area contributed by atoms with Gasteiger partial charge in [-0.1, -0.05) is 27.7 Å². The van der Waals surface area contributed by atoms with Gasteiger partial charge >= 0.3 is 0 Å². The van der Waals surface area contributed by atoms with Gasteiger partial charge in [0.15, 0.2) is 0 Å². The molecular weight excluding hydrogens is 282 g/mol. The van der Waals surface area contributed by atoms with Crippen LogP contribution in [0.5, 0.6) is 0 Å². The molecule has 1 aliphatic rings. The molecule has 126 valence electrons. The fraction of sp³-hybridized carbons (Fsp3) is 0.812. The summed E-state index contributed by atoms with van der Waals surface area (Å²) in [6.45, 7) is 9.74. The third-order valence-electron chi connectivity index (χ3n) is 4.01. The Labute approximate surface area is 132 Å². The summed E-state index contributed by atoms with van der Waals surface area (Å²) in [6, 6.07) is -0.603. The van der Waals surface area contributed by atoms with E-state index in [4.69, 9.17) is 0 Å². The van der Waals surface area contributed by atoms with Gasteiger partial charge in [0.2, 0.25) is 17.7 Å². The van der Waals surface area contributed by atoms with Crippen LogP contribution >= 0.6 is 0 Å². The van der Waals surface area contributed by atoms with E-state index in [0.717, 1.165) is 0 Å². The normalized spacial score (nSPS) is 28.5. The van der Waals surface area contributed by atoms with Crippen molar-refractivity contribution in [2.75, 3.05) is 0 Å². The van der Waals surface area contributed by atoms with Crippen molar-refractivity contribution in [3.63, 3.8) is 0 Å². The lowest BCUT2D eigenvalue weighted by Crippen LogP contribution is -2.49. The average Bonchev–Trinajstić information content (AvgIpc) is 2.34. The van der Waals surface area contributed by atoms with Crippen LogP contribution < -0.4 is 16.0 Å². The molecule has 0 aromatic heterocycles. The maximum atomic E-state index is 12.2. The van der Waals surface area contributed by atoms with Gasteiger partial charge in [-0.25, -0.2) is 0 Å². The van der Waals surface area contributed by atoms with E-state index in [-0.39, 0.29) is 66.9 Å². The van der Waals surface area contributed by atoms with Crippen LogP contribution in [0, 0.1) is 11.8 Å². The van der Waals surface area contributed by atoms with Gasteiger partial charge in [0, 0.05) is 37.4 Å². The van der Waals surface area contributed by atoms with Crippen molar-refractivity contribution in [2.45, 2.75) is 72.0 Å². The molecule has 0 bridgehead atoms. The van der Waals surface area contributed by atoms with Crippen LogP contribution in [-0.4, -0.2) is 35.8 Å². The minimum Gasteiger partial charge on any atom is -0.353 e. The van der Waals surface area contributed by atoms with Crippen LogP contribution in [0.4, 0.5) is 0 Å². The molecule has 1 rings (SSSR count). The van der Waals surface area contributed by atoms with Gasteiger partial charge in [0.25, 0.3) is 0 Å². The lowest BCUT2D eigenvalue weighted by molar-refractivity contribution is -0.126. The molecule has 0 saturated carbocycles. The van der Waals surface area contributed by atoms with Gasteiger partial charge < -0.3 is 16.0 Å². The average molecular weight is 311 g/mol. The van der Waals surface area contributed by atoms with E-state index in [1.807, 2.05) is 34.6 Å². The first-order valence-electron chi connectivity index (χ1n) is 8.07. The first-order chi connectivity index (χ1) is 10.2. The van der Waals surface area contributed by atoms with E-state index in [1.54, 1.807) is 0 Å². The largest absolute Gasteiger partial charge is 0.353 e. The molecule has 3 N–H and O–H groups in total. The zero-order valence-electron chi connectivity index (χ0n) is 14.2. The summed E-state index contributed by atoms with van der Waals surface area (Å²) in [4.78, 5) is 36.2. The molecule has 1 heterocycles. The highest BCUT2D eigenvalue weighted by atomic mass is 16.2. The van der Waals surface area contributed by atoms with Crippen molar-refractivity contribution in [3.8, 4) is 0 Å². The van der Waals surface area contributed by atoms with Crippen LogP contribution in [0.1, 0.15) is 53.9 Å². The predicted molar refractivity (Wildman–Crippen MR) is 85.0 cm³/mol. The molecule has 0 aromatic carbocycles. The van der Waals surface area contributed by atoms with Crippen molar-refractivity contribution in [1.82, 2.24) is 16.0 Å². The summed E-state index contributed by atoms with van der Waals surface area (Å²) in [5, 5.41) is 8.65. The number of hydrogen-bond donors (Lipinski definition) is 3.